The highest BCUT2D eigenvalue weighted by Gasteiger charge is 2.21. The van der Waals surface area contributed by atoms with Crippen molar-refractivity contribution in [2.75, 3.05) is 6.54 Å². The highest BCUT2D eigenvalue weighted by Crippen LogP contribution is 2.15. The molecule has 1 aliphatic rings. The molecule has 1 unspecified atom stereocenters. The van der Waals surface area contributed by atoms with E-state index in [0.29, 0.717) is 5.69 Å². The summed E-state index contributed by atoms with van der Waals surface area (Å²) in [5.41, 5.74) is 2.66. The third kappa shape index (κ3) is 2.98. The molecule has 3 N–H and O–H groups in total. The fourth-order valence-electron chi connectivity index (χ4n) is 1.81. The van der Waals surface area contributed by atoms with Gasteiger partial charge in [0.2, 0.25) is 0 Å². The molecule has 0 bridgehead atoms. The van der Waals surface area contributed by atoms with E-state index >= 15 is 0 Å². The molecule has 96 valence electrons. The van der Waals surface area contributed by atoms with Gasteiger partial charge in [0, 0.05) is 36.8 Å². The number of nitrogens with zero attached hydrogens (tertiary/aromatic N) is 1. The summed E-state index contributed by atoms with van der Waals surface area (Å²) in [7, 11) is 0. The van der Waals surface area contributed by atoms with E-state index in [2.05, 4.69) is 20.8 Å². The highest BCUT2D eigenvalue weighted by molar-refractivity contribution is 5.94. The van der Waals surface area contributed by atoms with Crippen LogP contribution >= 0.6 is 12.4 Å². The smallest absolute Gasteiger partial charge is 0.272 e. The van der Waals surface area contributed by atoms with E-state index in [1.165, 1.54) is 0 Å². The van der Waals surface area contributed by atoms with E-state index in [1.807, 2.05) is 13.8 Å². The Kier molecular flexibility index (Phi) is 4.96. The monoisotopic (exact) mass is 258 g/mol. The molecule has 0 spiro atoms. The number of nitrogens with one attached hydrogen (secondary N) is 3. The number of aromatic amines is 1. The van der Waals surface area contributed by atoms with Crippen molar-refractivity contribution in [3.05, 3.63) is 17.0 Å². The first-order valence-electron chi connectivity index (χ1n) is 5.80. The van der Waals surface area contributed by atoms with Gasteiger partial charge in [-0.05, 0) is 13.3 Å². The van der Waals surface area contributed by atoms with Gasteiger partial charge in [-0.3, -0.25) is 9.89 Å². The molecule has 2 rings (SSSR count). The predicted octanol–water partition coefficient (Wildman–Crippen LogP) is 1.01. The topological polar surface area (TPSA) is 69.8 Å². The van der Waals surface area contributed by atoms with Crippen LogP contribution in [0.5, 0.6) is 0 Å². The lowest BCUT2D eigenvalue weighted by atomic mass is 10.1. The SMILES string of the molecule is CCC(C)NC(=O)c1n[nH]c2c1CNCC2.Cl. The standard InChI is InChI=1S/C11H18N4O.ClH/c1-3-7(2)13-11(16)10-8-6-12-5-4-9(8)14-15-10;/h7,12H,3-6H2,1-2H3,(H,13,16)(H,14,15);1H. The van der Waals surface area contributed by atoms with Gasteiger partial charge in [-0.1, -0.05) is 6.92 Å². The minimum Gasteiger partial charge on any atom is -0.348 e. The number of carbonyl (C=O) groups excluding carboxylic acids is 1. The molecule has 0 saturated heterocycles. The molecule has 5 nitrogen and oxygen atoms in total. The van der Waals surface area contributed by atoms with Crippen molar-refractivity contribution >= 4 is 18.3 Å². The first kappa shape index (κ1) is 14.0. The second kappa shape index (κ2) is 6.02. The quantitative estimate of drug-likeness (QED) is 0.758. The number of halogens is 1. The lowest BCUT2D eigenvalue weighted by molar-refractivity contribution is 0.0933. The zero-order chi connectivity index (χ0) is 11.5. The second-order valence-electron chi connectivity index (χ2n) is 4.24. The van der Waals surface area contributed by atoms with Gasteiger partial charge in [-0.15, -0.1) is 12.4 Å². The molecule has 2 heterocycles. The highest BCUT2D eigenvalue weighted by atomic mass is 35.5. The van der Waals surface area contributed by atoms with E-state index in [9.17, 15) is 4.79 Å². The van der Waals surface area contributed by atoms with E-state index in [4.69, 9.17) is 0 Å². The summed E-state index contributed by atoms with van der Waals surface area (Å²) >= 11 is 0. The molecular weight excluding hydrogens is 240 g/mol. The molecule has 1 atom stereocenters. The maximum atomic E-state index is 11.9. The Bertz CT molecular complexity index is 391. The van der Waals surface area contributed by atoms with Crippen LogP contribution in [0.25, 0.3) is 0 Å². The van der Waals surface area contributed by atoms with Gasteiger partial charge in [-0.25, -0.2) is 0 Å². The summed E-state index contributed by atoms with van der Waals surface area (Å²) < 4.78 is 0. The Morgan fingerprint density at radius 1 is 1.59 bits per heavy atom. The summed E-state index contributed by atoms with van der Waals surface area (Å²) in [6, 6.07) is 0.191. The van der Waals surface area contributed by atoms with E-state index < -0.39 is 0 Å². The minimum absolute atomic E-state index is 0. The lowest BCUT2D eigenvalue weighted by Crippen LogP contribution is -2.33. The summed E-state index contributed by atoms with van der Waals surface area (Å²) in [6.45, 7) is 5.72. The lowest BCUT2D eigenvalue weighted by Gasteiger charge is -2.14. The van der Waals surface area contributed by atoms with Gasteiger partial charge in [0.15, 0.2) is 5.69 Å². The largest absolute Gasteiger partial charge is 0.348 e. The van der Waals surface area contributed by atoms with Crippen molar-refractivity contribution in [2.24, 2.45) is 0 Å². The fraction of sp³-hybridized carbons (Fsp3) is 0.636. The van der Waals surface area contributed by atoms with Crippen molar-refractivity contribution in [3.8, 4) is 0 Å². The van der Waals surface area contributed by atoms with E-state index in [1.54, 1.807) is 0 Å². The van der Waals surface area contributed by atoms with Crippen LogP contribution in [0.3, 0.4) is 0 Å². The molecule has 0 aromatic carbocycles. The van der Waals surface area contributed by atoms with Crippen LogP contribution in [0.1, 0.15) is 42.0 Å². The van der Waals surface area contributed by atoms with E-state index in [-0.39, 0.29) is 24.4 Å². The van der Waals surface area contributed by atoms with Crippen LogP contribution in [-0.2, 0) is 13.0 Å². The molecule has 1 aliphatic heterocycles. The number of carbonyl (C=O) groups is 1. The maximum absolute atomic E-state index is 11.9. The minimum atomic E-state index is -0.0736. The Hall–Kier alpha value is -1.07. The number of fused-ring (bicyclic) bond motifs is 1. The average Bonchev–Trinajstić information content (AvgIpc) is 2.72. The molecule has 0 saturated carbocycles. The summed E-state index contributed by atoms with van der Waals surface area (Å²) in [5.74, 6) is -0.0736. The molecule has 17 heavy (non-hydrogen) atoms. The summed E-state index contributed by atoms with van der Waals surface area (Å²) in [5, 5.41) is 13.2. The Morgan fingerprint density at radius 3 is 3.06 bits per heavy atom. The third-order valence-corrected chi connectivity index (χ3v) is 3.01. The van der Waals surface area contributed by atoms with Gasteiger partial charge in [0.05, 0.1) is 0 Å². The number of rotatable bonds is 3. The molecule has 1 aromatic rings. The van der Waals surface area contributed by atoms with Crippen molar-refractivity contribution in [1.29, 1.82) is 0 Å². The third-order valence-electron chi connectivity index (χ3n) is 3.01. The first-order chi connectivity index (χ1) is 7.72. The number of amides is 1. The van der Waals surface area contributed by atoms with Gasteiger partial charge in [-0.2, -0.15) is 5.10 Å². The number of hydrogen-bond donors (Lipinski definition) is 3. The van der Waals surface area contributed by atoms with Crippen LogP contribution in [0, 0.1) is 0 Å². The van der Waals surface area contributed by atoms with Crippen LogP contribution in [-0.4, -0.2) is 28.7 Å². The molecule has 1 aromatic heterocycles. The van der Waals surface area contributed by atoms with Crippen LogP contribution in [0.15, 0.2) is 0 Å². The van der Waals surface area contributed by atoms with Crippen LogP contribution < -0.4 is 10.6 Å². The molecule has 6 heteroatoms. The van der Waals surface area contributed by atoms with E-state index in [0.717, 1.165) is 37.2 Å². The van der Waals surface area contributed by atoms with Crippen molar-refractivity contribution in [3.63, 3.8) is 0 Å². The molecule has 0 fully saturated rings. The number of hydrogen-bond acceptors (Lipinski definition) is 3. The number of aromatic nitrogens is 2. The second-order valence-corrected chi connectivity index (χ2v) is 4.24. The Balaban J connectivity index is 0.00000144. The first-order valence-corrected chi connectivity index (χ1v) is 5.80. The molecule has 0 aliphatic carbocycles. The van der Waals surface area contributed by atoms with Gasteiger partial charge < -0.3 is 10.6 Å². The zero-order valence-corrected chi connectivity index (χ0v) is 11.0. The summed E-state index contributed by atoms with van der Waals surface area (Å²) in [4.78, 5) is 11.9. The van der Waals surface area contributed by atoms with Crippen molar-refractivity contribution in [2.45, 2.75) is 39.3 Å². The zero-order valence-electron chi connectivity index (χ0n) is 10.2. The Morgan fingerprint density at radius 2 is 2.35 bits per heavy atom. The van der Waals surface area contributed by atoms with Crippen molar-refractivity contribution < 1.29 is 4.79 Å². The van der Waals surface area contributed by atoms with Crippen LogP contribution in [0.4, 0.5) is 0 Å². The average molecular weight is 259 g/mol. The molecule has 1 amide bonds. The fourth-order valence-corrected chi connectivity index (χ4v) is 1.81. The van der Waals surface area contributed by atoms with Crippen molar-refractivity contribution in [1.82, 2.24) is 20.8 Å². The van der Waals surface area contributed by atoms with Gasteiger partial charge >= 0.3 is 0 Å². The molecular formula is C11H19ClN4O. The van der Waals surface area contributed by atoms with Gasteiger partial charge in [0.1, 0.15) is 0 Å². The van der Waals surface area contributed by atoms with Crippen LogP contribution in [0.2, 0.25) is 0 Å². The number of H-pyrrole nitrogens is 1. The normalized spacial score (nSPS) is 15.6. The van der Waals surface area contributed by atoms with Gasteiger partial charge in [0.25, 0.3) is 5.91 Å². The predicted molar refractivity (Wildman–Crippen MR) is 68.5 cm³/mol. The molecule has 0 radical (unpaired) electrons. The Labute approximate surface area is 107 Å². The summed E-state index contributed by atoms with van der Waals surface area (Å²) in [6.07, 6.45) is 1.84. The maximum Gasteiger partial charge on any atom is 0.272 e.